The molecule has 4 heterocycles. The highest BCUT2D eigenvalue weighted by atomic mass is 16.5. The maximum Gasteiger partial charge on any atom is 0.293 e. The second kappa shape index (κ2) is 6.80. The van der Waals surface area contributed by atoms with Crippen LogP contribution < -0.4 is 0 Å². The summed E-state index contributed by atoms with van der Waals surface area (Å²) in [6, 6.07) is 12.9. The second-order valence-corrected chi connectivity index (χ2v) is 6.67. The number of hydrogen-bond acceptors (Lipinski definition) is 6. The molecule has 0 unspecified atom stereocenters. The zero-order chi connectivity index (χ0) is 18.9. The highest BCUT2D eigenvalue weighted by Crippen LogP contribution is 2.28. The van der Waals surface area contributed by atoms with Crippen molar-refractivity contribution in [2.24, 2.45) is 0 Å². The van der Waals surface area contributed by atoms with Crippen LogP contribution >= 0.6 is 0 Å². The van der Waals surface area contributed by atoms with Crippen LogP contribution in [0.5, 0.6) is 0 Å². The molecule has 3 aromatic heterocycles. The van der Waals surface area contributed by atoms with Gasteiger partial charge in [-0.1, -0.05) is 11.2 Å². The minimum atomic E-state index is -0.00809. The first-order chi connectivity index (χ1) is 13.8. The number of carbonyl (C=O) groups is 1. The molecule has 0 spiro atoms. The van der Waals surface area contributed by atoms with E-state index >= 15 is 0 Å². The van der Waals surface area contributed by atoms with Crippen molar-refractivity contribution in [3.05, 3.63) is 72.5 Å². The Kier molecular flexibility index (Phi) is 4.01. The molecule has 0 saturated carbocycles. The first-order valence-corrected chi connectivity index (χ1v) is 9.05. The monoisotopic (exact) mass is 375 g/mol. The maximum absolute atomic E-state index is 13.0. The van der Waals surface area contributed by atoms with Crippen LogP contribution in [0, 0.1) is 0 Å². The molecular weight excluding hydrogens is 358 g/mol. The number of benzene rings is 1. The normalized spacial score (nSPS) is 16.6. The average molecular weight is 375 g/mol. The zero-order valence-corrected chi connectivity index (χ0v) is 14.9. The van der Waals surface area contributed by atoms with E-state index in [4.69, 9.17) is 8.94 Å². The molecule has 0 aliphatic carbocycles. The molecule has 28 heavy (non-hydrogen) atoms. The highest BCUT2D eigenvalue weighted by Gasteiger charge is 2.31. The van der Waals surface area contributed by atoms with Crippen LogP contribution in [0.1, 0.15) is 28.5 Å². The number of nitrogens with zero attached hydrogens (tertiary/aromatic N) is 5. The summed E-state index contributed by atoms with van der Waals surface area (Å²) in [6.07, 6.45) is 5.91. The molecule has 1 amide bonds. The number of amides is 1. The van der Waals surface area contributed by atoms with E-state index in [1.54, 1.807) is 29.3 Å². The predicted molar refractivity (Wildman–Crippen MR) is 98.8 cm³/mol. The standard InChI is InChI=1S/C20H17N5O3/c26-20(14-4-1-5-16(12-14)25-9-3-8-21-25)24-10-7-15(13-24)18-22-19(28-23-18)17-6-2-11-27-17/h1-6,8-9,11-12,15H,7,10,13H2/t15-/m1/s1. The van der Waals surface area contributed by atoms with E-state index in [9.17, 15) is 4.79 Å². The minimum absolute atomic E-state index is 0.00809. The van der Waals surface area contributed by atoms with Crippen molar-refractivity contribution in [2.75, 3.05) is 13.1 Å². The first-order valence-electron chi connectivity index (χ1n) is 9.05. The number of carbonyl (C=O) groups excluding carboxylic acids is 1. The first kappa shape index (κ1) is 16.5. The van der Waals surface area contributed by atoms with Gasteiger partial charge in [-0.25, -0.2) is 4.68 Å². The van der Waals surface area contributed by atoms with Gasteiger partial charge in [-0.3, -0.25) is 4.79 Å². The fourth-order valence-corrected chi connectivity index (χ4v) is 3.44. The summed E-state index contributed by atoms with van der Waals surface area (Å²) in [4.78, 5) is 19.2. The fraction of sp³-hybridized carbons (Fsp3) is 0.200. The average Bonchev–Trinajstić information content (AvgIpc) is 3.52. The van der Waals surface area contributed by atoms with Crippen molar-refractivity contribution >= 4 is 5.91 Å². The van der Waals surface area contributed by atoms with Gasteiger partial charge in [0.15, 0.2) is 11.6 Å². The number of hydrogen-bond donors (Lipinski definition) is 0. The van der Waals surface area contributed by atoms with Crippen LogP contribution in [0.2, 0.25) is 0 Å². The van der Waals surface area contributed by atoms with Crippen molar-refractivity contribution in [3.63, 3.8) is 0 Å². The Morgan fingerprint density at radius 3 is 2.96 bits per heavy atom. The third-order valence-electron chi connectivity index (χ3n) is 4.88. The largest absolute Gasteiger partial charge is 0.459 e. The van der Waals surface area contributed by atoms with E-state index in [1.165, 1.54) is 0 Å². The molecule has 5 rings (SSSR count). The Bertz CT molecular complexity index is 1080. The lowest BCUT2D eigenvalue weighted by atomic mass is 10.1. The maximum atomic E-state index is 13.0. The Morgan fingerprint density at radius 1 is 1.18 bits per heavy atom. The van der Waals surface area contributed by atoms with Gasteiger partial charge in [0.05, 0.1) is 12.0 Å². The molecule has 1 saturated heterocycles. The third-order valence-corrected chi connectivity index (χ3v) is 4.88. The molecule has 0 bridgehead atoms. The van der Waals surface area contributed by atoms with Gasteiger partial charge in [0.1, 0.15) is 0 Å². The lowest BCUT2D eigenvalue weighted by Crippen LogP contribution is -2.28. The van der Waals surface area contributed by atoms with Crippen LogP contribution in [0.15, 0.2) is 70.1 Å². The molecule has 140 valence electrons. The Morgan fingerprint density at radius 2 is 2.14 bits per heavy atom. The van der Waals surface area contributed by atoms with Crippen LogP contribution in [0.25, 0.3) is 17.3 Å². The Hall–Kier alpha value is -3.68. The number of aromatic nitrogens is 4. The molecule has 0 N–H and O–H groups in total. The summed E-state index contributed by atoms with van der Waals surface area (Å²) in [5, 5.41) is 8.29. The fourth-order valence-electron chi connectivity index (χ4n) is 3.44. The molecule has 1 aliphatic rings. The predicted octanol–water partition coefficient (Wildman–Crippen LogP) is 3.15. The van der Waals surface area contributed by atoms with E-state index < -0.39 is 0 Å². The lowest BCUT2D eigenvalue weighted by Gasteiger charge is -2.16. The summed E-state index contributed by atoms with van der Waals surface area (Å²) < 4.78 is 12.3. The van der Waals surface area contributed by atoms with Crippen molar-refractivity contribution in [1.82, 2.24) is 24.8 Å². The van der Waals surface area contributed by atoms with E-state index in [2.05, 4.69) is 15.2 Å². The summed E-state index contributed by atoms with van der Waals surface area (Å²) in [7, 11) is 0. The number of likely N-dealkylation sites (tertiary alicyclic amines) is 1. The topological polar surface area (TPSA) is 90.2 Å². The van der Waals surface area contributed by atoms with Gasteiger partial charge in [0.2, 0.25) is 0 Å². The molecule has 1 fully saturated rings. The summed E-state index contributed by atoms with van der Waals surface area (Å²) in [5.74, 6) is 1.54. The van der Waals surface area contributed by atoms with Crippen molar-refractivity contribution in [3.8, 4) is 17.3 Å². The van der Waals surface area contributed by atoms with Gasteiger partial charge in [-0.2, -0.15) is 10.1 Å². The number of furan rings is 1. The van der Waals surface area contributed by atoms with Gasteiger partial charge in [0.25, 0.3) is 11.8 Å². The molecule has 1 aromatic carbocycles. The Balaban J connectivity index is 1.31. The highest BCUT2D eigenvalue weighted by molar-refractivity contribution is 5.95. The summed E-state index contributed by atoms with van der Waals surface area (Å²) in [5.41, 5.74) is 1.49. The molecule has 0 radical (unpaired) electrons. The SMILES string of the molecule is O=C(c1cccc(-n2cccn2)c1)N1CC[C@@H](c2noc(-c3ccco3)n2)C1. The minimum Gasteiger partial charge on any atom is -0.459 e. The van der Waals surface area contributed by atoms with Crippen molar-refractivity contribution in [2.45, 2.75) is 12.3 Å². The van der Waals surface area contributed by atoms with Crippen molar-refractivity contribution in [1.29, 1.82) is 0 Å². The molecule has 1 atom stereocenters. The van der Waals surface area contributed by atoms with E-state index in [1.807, 2.05) is 41.4 Å². The van der Waals surface area contributed by atoms with Gasteiger partial charge >= 0.3 is 0 Å². The molecule has 8 nitrogen and oxygen atoms in total. The lowest BCUT2D eigenvalue weighted by molar-refractivity contribution is 0.0790. The molecule has 8 heteroatoms. The van der Waals surface area contributed by atoms with Gasteiger partial charge in [0, 0.05) is 37.0 Å². The van der Waals surface area contributed by atoms with Crippen LogP contribution in [0.4, 0.5) is 0 Å². The van der Waals surface area contributed by atoms with Crippen LogP contribution in [-0.4, -0.2) is 43.8 Å². The van der Waals surface area contributed by atoms with Crippen LogP contribution in [0.3, 0.4) is 0 Å². The van der Waals surface area contributed by atoms with Gasteiger partial charge in [-0.05, 0) is 42.8 Å². The van der Waals surface area contributed by atoms with Gasteiger partial charge in [-0.15, -0.1) is 0 Å². The third kappa shape index (κ3) is 2.98. The summed E-state index contributed by atoms with van der Waals surface area (Å²) in [6.45, 7) is 1.21. The van der Waals surface area contributed by atoms with E-state index in [0.29, 0.717) is 36.1 Å². The zero-order valence-electron chi connectivity index (χ0n) is 14.9. The molecule has 1 aliphatic heterocycles. The van der Waals surface area contributed by atoms with E-state index in [0.717, 1.165) is 12.1 Å². The van der Waals surface area contributed by atoms with Crippen molar-refractivity contribution < 1.29 is 13.7 Å². The Labute approximate surface area is 160 Å². The summed E-state index contributed by atoms with van der Waals surface area (Å²) >= 11 is 0. The van der Waals surface area contributed by atoms with Gasteiger partial charge < -0.3 is 13.8 Å². The van der Waals surface area contributed by atoms with E-state index in [-0.39, 0.29) is 11.8 Å². The molecular formula is C20H17N5O3. The smallest absolute Gasteiger partial charge is 0.293 e. The van der Waals surface area contributed by atoms with Crippen LogP contribution in [-0.2, 0) is 0 Å². The number of rotatable bonds is 4. The molecule has 4 aromatic rings. The second-order valence-electron chi connectivity index (χ2n) is 6.67. The quantitative estimate of drug-likeness (QED) is 0.544.